The molecular weight excluding hydrogens is 301 g/mol. The number of hydrogen-bond donors (Lipinski definition) is 1. The Morgan fingerprint density at radius 1 is 1.32 bits per heavy atom. The molecule has 1 aromatic rings. The fourth-order valence-electron chi connectivity index (χ4n) is 2.76. The lowest BCUT2D eigenvalue weighted by atomic mass is 10.0. The third kappa shape index (κ3) is 3.72. The van der Waals surface area contributed by atoms with Gasteiger partial charge in [0.05, 0.1) is 25.7 Å². The molecule has 0 amide bonds. The normalized spacial score (nSPS) is 19.5. The highest BCUT2D eigenvalue weighted by molar-refractivity contribution is 7.85. The molecule has 0 aromatic heterocycles. The third-order valence-corrected chi connectivity index (χ3v) is 6.23. The quantitative estimate of drug-likeness (QED) is 0.892. The van der Waals surface area contributed by atoms with Crippen molar-refractivity contribution in [1.29, 1.82) is 0 Å². The second-order valence-electron chi connectivity index (χ2n) is 5.00. The van der Waals surface area contributed by atoms with Crippen molar-refractivity contribution < 1.29 is 4.21 Å². The molecule has 2 unspecified atom stereocenters. The maximum Gasteiger partial charge on any atom is 0.0760 e. The monoisotopic (exact) mass is 319 g/mol. The third-order valence-electron chi connectivity index (χ3n) is 3.82. The SMILES string of the molecule is CNC(CS(=O)c1c(Cl)cccc1Cl)C1CCCC1. The van der Waals surface area contributed by atoms with Crippen LogP contribution < -0.4 is 5.32 Å². The molecule has 0 heterocycles. The maximum absolute atomic E-state index is 12.5. The van der Waals surface area contributed by atoms with E-state index in [2.05, 4.69) is 5.32 Å². The Balaban J connectivity index is 2.11. The molecule has 2 atom stereocenters. The highest BCUT2D eigenvalue weighted by Crippen LogP contribution is 2.31. The molecular formula is C14H19Cl2NOS. The summed E-state index contributed by atoms with van der Waals surface area (Å²) in [5.41, 5.74) is 0. The summed E-state index contributed by atoms with van der Waals surface area (Å²) in [5, 5.41) is 4.29. The average molecular weight is 320 g/mol. The summed E-state index contributed by atoms with van der Waals surface area (Å²) in [7, 11) is 0.780. The molecule has 1 N–H and O–H groups in total. The molecule has 19 heavy (non-hydrogen) atoms. The second-order valence-corrected chi connectivity index (χ2v) is 7.25. The van der Waals surface area contributed by atoms with E-state index in [9.17, 15) is 4.21 Å². The van der Waals surface area contributed by atoms with Gasteiger partial charge in [0, 0.05) is 11.8 Å². The van der Waals surface area contributed by atoms with Gasteiger partial charge in [0.2, 0.25) is 0 Å². The van der Waals surface area contributed by atoms with Crippen molar-refractivity contribution in [2.45, 2.75) is 36.6 Å². The average Bonchev–Trinajstić information content (AvgIpc) is 2.89. The summed E-state index contributed by atoms with van der Waals surface area (Å²) >= 11 is 12.2. The zero-order chi connectivity index (χ0) is 13.8. The molecule has 2 rings (SSSR count). The van der Waals surface area contributed by atoms with Crippen LogP contribution >= 0.6 is 23.2 Å². The van der Waals surface area contributed by atoms with Gasteiger partial charge >= 0.3 is 0 Å². The summed E-state index contributed by atoms with van der Waals surface area (Å²) in [4.78, 5) is 0.573. The summed E-state index contributed by atoms with van der Waals surface area (Å²) in [6.45, 7) is 0. The van der Waals surface area contributed by atoms with Crippen molar-refractivity contribution in [2.24, 2.45) is 5.92 Å². The van der Waals surface area contributed by atoms with E-state index in [0.717, 1.165) is 0 Å². The molecule has 0 aliphatic heterocycles. The van der Waals surface area contributed by atoms with Crippen molar-refractivity contribution in [3.05, 3.63) is 28.2 Å². The molecule has 1 saturated carbocycles. The Hall–Kier alpha value is -0.0900. The van der Waals surface area contributed by atoms with E-state index in [4.69, 9.17) is 23.2 Å². The smallest absolute Gasteiger partial charge is 0.0760 e. The minimum Gasteiger partial charge on any atom is -0.316 e. The molecule has 1 fully saturated rings. The van der Waals surface area contributed by atoms with Gasteiger partial charge in [-0.05, 0) is 37.9 Å². The van der Waals surface area contributed by atoms with Gasteiger partial charge in [-0.2, -0.15) is 0 Å². The van der Waals surface area contributed by atoms with E-state index in [0.29, 0.717) is 26.6 Å². The Morgan fingerprint density at radius 2 is 1.89 bits per heavy atom. The molecule has 0 saturated heterocycles. The number of hydrogen-bond acceptors (Lipinski definition) is 2. The molecule has 0 bridgehead atoms. The van der Waals surface area contributed by atoms with Crippen LogP contribution in [-0.2, 0) is 10.8 Å². The first-order valence-electron chi connectivity index (χ1n) is 6.63. The Labute approximate surface area is 127 Å². The van der Waals surface area contributed by atoms with Crippen LogP contribution in [0.15, 0.2) is 23.1 Å². The van der Waals surface area contributed by atoms with E-state index in [1.54, 1.807) is 18.2 Å². The summed E-state index contributed by atoms with van der Waals surface area (Å²) in [6, 6.07) is 5.53. The molecule has 106 valence electrons. The van der Waals surface area contributed by atoms with Gasteiger partial charge in [-0.1, -0.05) is 42.1 Å². The van der Waals surface area contributed by atoms with Crippen LogP contribution in [0, 0.1) is 5.92 Å². The fraction of sp³-hybridized carbons (Fsp3) is 0.571. The van der Waals surface area contributed by atoms with Gasteiger partial charge in [0.15, 0.2) is 0 Å². The molecule has 1 aromatic carbocycles. The zero-order valence-corrected chi connectivity index (χ0v) is 13.3. The predicted octanol–water partition coefficient (Wildman–Crippen LogP) is 3.88. The van der Waals surface area contributed by atoms with E-state index in [1.165, 1.54) is 25.7 Å². The van der Waals surface area contributed by atoms with Crippen LogP contribution in [-0.4, -0.2) is 23.1 Å². The van der Waals surface area contributed by atoms with E-state index < -0.39 is 10.8 Å². The number of rotatable bonds is 5. The summed E-state index contributed by atoms with van der Waals surface area (Å²) in [6.07, 6.45) is 5.00. The van der Waals surface area contributed by atoms with Crippen LogP contribution in [0.5, 0.6) is 0 Å². The predicted molar refractivity (Wildman–Crippen MR) is 82.5 cm³/mol. The topological polar surface area (TPSA) is 29.1 Å². The lowest BCUT2D eigenvalue weighted by molar-refractivity contribution is 0.408. The van der Waals surface area contributed by atoms with E-state index >= 15 is 0 Å². The first kappa shape index (κ1) is 15.3. The molecule has 0 spiro atoms. The van der Waals surface area contributed by atoms with Crippen molar-refractivity contribution in [3.63, 3.8) is 0 Å². The second kappa shape index (κ2) is 7.07. The van der Waals surface area contributed by atoms with Crippen LogP contribution in [0.3, 0.4) is 0 Å². The Kier molecular flexibility index (Phi) is 5.70. The van der Waals surface area contributed by atoms with Crippen LogP contribution in [0.1, 0.15) is 25.7 Å². The molecule has 1 aliphatic rings. The number of nitrogens with one attached hydrogen (secondary N) is 1. The number of benzene rings is 1. The Bertz CT molecular complexity index is 441. The van der Waals surface area contributed by atoms with Crippen LogP contribution in [0.25, 0.3) is 0 Å². The van der Waals surface area contributed by atoms with Crippen molar-refractivity contribution in [2.75, 3.05) is 12.8 Å². The highest BCUT2D eigenvalue weighted by atomic mass is 35.5. The minimum absolute atomic E-state index is 0.274. The van der Waals surface area contributed by atoms with Crippen molar-refractivity contribution in [3.8, 4) is 0 Å². The van der Waals surface area contributed by atoms with Gasteiger partial charge in [-0.15, -0.1) is 0 Å². The first-order chi connectivity index (χ1) is 9.13. The van der Waals surface area contributed by atoms with Crippen molar-refractivity contribution >= 4 is 34.0 Å². The van der Waals surface area contributed by atoms with Crippen molar-refractivity contribution in [1.82, 2.24) is 5.32 Å². The van der Waals surface area contributed by atoms with Crippen LogP contribution in [0.2, 0.25) is 10.0 Å². The highest BCUT2D eigenvalue weighted by Gasteiger charge is 2.26. The van der Waals surface area contributed by atoms with Crippen LogP contribution in [0.4, 0.5) is 0 Å². The lowest BCUT2D eigenvalue weighted by Crippen LogP contribution is -2.37. The van der Waals surface area contributed by atoms with Gasteiger partial charge in [0.1, 0.15) is 0 Å². The maximum atomic E-state index is 12.5. The Morgan fingerprint density at radius 3 is 2.42 bits per heavy atom. The first-order valence-corrected chi connectivity index (χ1v) is 8.70. The molecule has 5 heteroatoms. The number of halogens is 2. The van der Waals surface area contributed by atoms with Gasteiger partial charge < -0.3 is 5.32 Å². The summed E-state index contributed by atoms with van der Waals surface area (Å²) < 4.78 is 12.5. The van der Waals surface area contributed by atoms with Gasteiger partial charge in [-0.3, -0.25) is 4.21 Å². The van der Waals surface area contributed by atoms with Gasteiger partial charge in [0.25, 0.3) is 0 Å². The lowest BCUT2D eigenvalue weighted by Gasteiger charge is -2.22. The minimum atomic E-state index is -1.16. The largest absolute Gasteiger partial charge is 0.316 e. The molecule has 0 radical (unpaired) electrons. The standard InChI is InChI=1S/C14H19Cl2NOS/c1-17-13(10-5-2-3-6-10)9-19(18)14-11(15)7-4-8-12(14)16/h4,7-8,10,13,17H,2-3,5-6,9H2,1H3. The van der Waals surface area contributed by atoms with Gasteiger partial charge in [-0.25, -0.2) is 0 Å². The summed E-state index contributed by atoms with van der Waals surface area (Å²) in [5.74, 6) is 1.19. The zero-order valence-electron chi connectivity index (χ0n) is 11.0. The molecule has 1 aliphatic carbocycles. The fourth-order valence-corrected chi connectivity index (χ4v) is 5.18. The van der Waals surface area contributed by atoms with E-state index in [-0.39, 0.29) is 6.04 Å². The molecule has 2 nitrogen and oxygen atoms in total. The van der Waals surface area contributed by atoms with E-state index in [1.807, 2.05) is 7.05 Å².